The highest BCUT2D eigenvalue weighted by molar-refractivity contribution is 9.10. The number of halogens is 1. The Bertz CT molecular complexity index is 509. The predicted molar refractivity (Wildman–Crippen MR) is 76.6 cm³/mol. The van der Waals surface area contributed by atoms with Crippen LogP contribution in [0.15, 0.2) is 28.7 Å². The van der Waals surface area contributed by atoms with Crippen LogP contribution in [-0.4, -0.2) is 54.2 Å². The van der Waals surface area contributed by atoms with Gasteiger partial charge < -0.3 is 15.2 Å². The summed E-state index contributed by atoms with van der Waals surface area (Å²) in [5.41, 5.74) is 0.671. The predicted octanol–water partition coefficient (Wildman–Crippen LogP) is 1.17. The van der Waals surface area contributed by atoms with E-state index in [9.17, 15) is 9.59 Å². The number of hydrogen-bond donors (Lipinski definition) is 2. The quantitative estimate of drug-likeness (QED) is 0.858. The SMILES string of the molecule is O=C(CN1CCOCC1C(=O)O)Nc1cccc(Br)c1. The lowest BCUT2D eigenvalue weighted by atomic mass is 10.2. The molecule has 20 heavy (non-hydrogen) atoms. The van der Waals surface area contributed by atoms with Crippen LogP contribution in [0.3, 0.4) is 0 Å². The van der Waals surface area contributed by atoms with Gasteiger partial charge in [-0.25, -0.2) is 0 Å². The van der Waals surface area contributed by atoms with Gasteiger partial charge in [0.2, 0.25) is 5.91 Å². The lowest BCUT2D eigenvalue weighted by Gasteiger charge is -2.32. The Labute approximate surface area is 124 Å². The van der Waals surface area contributed by atoms with Gasteiger partial charge in [0.05, 0.1) is 19.8 Å². The molecule has 1 aromatic rings. The van der Waals surface area contributed by atoms with E-state index < -0.39 is 12.0 Å². The van der Waals surface area contributed by atoms with Crippen LogP contribution in [-0.2, 0) is 14.3 Å². The largest absolute Gasteiger partial charge is 0.480 e. The number of anilines is 1. The van der Waals surface area contributed by atoms with Gasteiger partial charge in [0.15, 0.2) is 0 Å². The number of rotatable bonds is 4. The van der Waals surface area contributed by atoms with Gasteiger partial charge in [-0.1, -0.05) is 22.0 Å². The van der Waals surface area contributed by atoms with Crippen molar-refractivity contribution < 1.29 is 19.4 Å². The van der Waals surface area contributed by atoms with Crippen LogP contribution in [0.5, 0.6) is 0 Å². The van der Waals surface area contributed by atoms with Crippen molar-refractivity contribution in [2.45, 2.75) is 6.04 Å². The first-order valence-corrected chi connectivity index (χ1v) is 6.95. The number of ether oxygens (including phenoxy) is 1. The van der Waals surface area contributed by atoms with Gasteiger partial charge in [-0.05, 0) is 18.2 Å². The summed E-state index contributed by atoms with van der Waals surface area (Å²) in [6, 6.07) is 6.46. The molecule has 7 heteroatoms. The Kier molecular flexibility index (Phi) is 5.11. The van der Waals surface area contributed by atoms with Crippen molar-refractivity contribution in [1.82, 2.24) is 4.90 Å². The van der Waals surface area contributed by atoms with Gasteiger partial charge in [-0.3, -0.25) is 14.5 Å². The second-order valence-corrected chi connectivity index (χ2v) is 5.37. The van der Waals surface area contributed by atoms with E-state index in [1.54, 1.807) is 17.0 Å². The summed E-state index contributed by atoms with van der Waals surface area (Å²) < 4.78 is 5.99. The fourth-order valence-corrected chi connectivity index (χ4v) is 2.41. The van der Waals surface area contributed by atoms with Crippen LogP contribution in [0.25, 0.3) is 0 Å². The second kappa shape index (κ2) is 6.83. The molecular formula is C13H15BrN2O4. The van der Waals surface area contributed by atoms with Crippen molar-refractivity contribution in [2.75, 3.05) is 31.6 Å². The highest BCUT2D eigenvalue weighted by atomic mass is 79.9. The van der Waals surface area contributed by atoms with Crippen LogP contribution >= 0.6 is 15.9 Å². The van der Waals surface area contributed by atoms with Crippen molar-refractivity contribution in [3.05, 3.63) is 28.7 Å². The molecule has 0 radical (unpaired) electrons. The van der Waals surface area contributed by atoms with Crippen LogP contribution in [0.2, 0.25) is 0 Å². The van der Waals surface area contributed by atoms with Gasteiger partial charge in [-0.2, -0.15) is 0 Å². The highest BCUT2D eigenvalue weighted by Crippen LogP contribution is 2.16. The molecule has 0 aliphatic carbocycles. The molecule has 6 nitrogen and oxygen atoms in total. The summed E-state index contributed by atoms with van der Waals surface area (Å²) >= 11 is 3.32. The minimum Gasteiger partial charge on any atom is -0.480 e. The number of carboxylic acids is 1. The number of hydrogen-bond acceptors (Lipinski definition) is 4. The molecule has 1 aliphatic heterocycles. The van der Waals surface area contributed by atoms with Crippen LogP contribution in [0.1, 0.15) is 0 Å². The van der Waals surface area contributed by atoms with Crippen molar-refractivity contribution >= 4 is 33.5 Å². The van der Waals surface area contributed by atoms with Crippen LogP contribution < -0.4 is 5.32 Å². The normalized spacial score (nSPS) is 19.6. The van der Waals surface area contributed by atoms with E-state index in [4.69, 9.17) is 9.84 Å². The molecule has 2 rings (SSSR count). The van der Waals surface area contributed by atoms with Crippen molar-refractivity contribution in [1.29, 1.82) is 0 Å². The zero-order valence-corrected chi connectivity index (χ0v) is 12.3. The third-order valence-electron chi connectivity index (χ3n) is 2.98. The maximum Gasteiger partial charge on any atom is 0.323 e. The molecule has 1 fully saturated rings. The molecule has 108 valence electrons. The van der Waals surface area contributed by atoms with E-state index >= 15 is 0 Å². The zero-order valence-electron chi connectivity index (χ0n) is 10.7. The molecule has 1 aromatic carbocycles. The van der Waals surface area contributed by atoms with Crippen molar-refractivity contribution in [3.8, 4) is 0 Å². The number of carbonyl (C=O) groups excluding carboxylic acids is 1. The van der Waals surface area contributed by atoms with Crippen LogP contribution in [0.4, 0.5) is 5.69 Å². The first kappa shape index (κ1) is 15.0. The third kappa shape index (κ3) is 4.03. The maximum atomic E-state index is 12.0. The standard InChI is InChI=1S/C13H15BrN2O4/c14-9-2-1-3-10(6-9)15-12(17)7-16-4-5-20-8-11(16)13(18)19/h1-3,6,11H,4-5,7-8H2,(H,15,17)(H,18,19). The zero-order chi connectivity index (χ0) is 14.5. The number of amides is 1. The Balaban J connectivity index is 1.94. The number of carbonyl (C=O) groups is 2. The number of nitrogens with one attached hydrogen (secondary N) is 1. The minimum atomic E-state index is -0.972. The smallest absolute Gasteiger partial charge is 0.323 e. The fourth-order valence-electron chi connectivity index (χ4n) is 2.01. The average molecular weight is 343 g/mol. The van der Waals surface area contributed by atoms with Gasteiger partial charge >= 0.3 is 5.97 Å². The molecule has 1 amide bonds. The van der Waals surface area contributed by atoms with Gasteiger partial charge in [-0.15, -0.1) is 0 Å². The molecule has 1 atom stereocenters. The van der Waals surface area contributed by atoms with Gasteiger partial charge in [0, 0.05) is 16.7 Å². The first-order valence-electron chi connectivity index (χ1n) is 6.16. The van der Waals surface area contributed by atoms with E-state index in [-0.39, 0.29) is 19.1 Å². The number of benzene rings is 1. The van der Waals surface area contributed by atoms with E-state index in [2.05, 4.69) is 21.2 Å². The Hall–Kier alpha value is -1.44. The van der Waals surface area contributed by atoms with Crippen molar-refractivity contribution in [3.63, 3.8) is 0 Å². The Morgan fingerprint density at radius 1 is 1.50 bits per heavy atom. The van der Waals surface area contributed by atoms with Crippen LogP contribution in [0, 0.1) is 0 Å². The van der Waals surface area contributed by atoms with Gasteiger partial charge in [0.1, 0.15) is 6.04 Å². The fraction of sp³-hybridized carbons (Fsp3) is 0.385. The summed E-state index contributed by atoms with van der Waals surface area (Å²) in [4.78, 5) is 24.7. The molecule has 1 unspecified atom stereocenters. The average Bonchev–Trinajstić information content (AvgIpc) is 2.38. The molecule has 0 aromatic heterocycles. The summed E-state index contributed by atoms with van der Waals surface area (Å²) in [6.07, 6.45) is 0. The molecule has 0 spiro atoms. The highest BCUT2D eigenvalue weighted by Gasteiger charge is 2.30. The molecule has 1 saturated heterocycles. The monoisotopic (exact) mass is 342 g/mol. The van der Waals surface area contributed by atoms with Crippen molar-refractivity contribution in [2.24, 2.45) is 0 Å². The third-order valence-corrected chi connectivity index (χ3v) is 3.47. The molecule has 2 N–H and O–H groups in total. The molecule has 1 aliphatic rings. The number of carboxylic acid groups (broad SMARTS) is 1. The van der Waals surface area contributed by atoms with E-state index in [1.807, 2.05) is 12.1 Å². The maximum absolute atomic E-state index is 12.0. The summed E-state index contributed by atoms with van der Waals surface area (Å²) in [5.74, 6) is -1.21. The first-order chi connectivity index (χ1) is 9.56. The molecular weight excluding hydrogens is 328 g/mol. The van der Waals surface area contributed by atoms with E-state index in [1.165, 1.54) is 0 Å². The van der Waals surface area contributed by atoms with Gasteiger partial charge in [0.25, 0.3) is 0 Å². The summed E-state index contributed by atoms with van der Waals surface area (Å²) in [6.45, 7) is 1.02. The lowest BCUT2D eigenvalue weighted by molar-refractivity contribution is -0.150. The van der Waals surface area contributed by atoms with E-state index in [0.717, 1.165) is 4.47 Å². The molecule has 0 bridgehead atoms. The number of morpholine rings is 1. The Morgan fingerprint density at radius 2 is 2.30 bits per heavy atom. The van der Waals surface area contributed by atoms with E-state index in [0.29, 0.717) is 18.8 Å². The summed E-state index contributed by atoms with van der Waals surface area (Å²) in [7, 11) is 0. The topological polar surface area (TPSA) is 78.9 Å². The minimum absolute atomic E-state index is 0.0346. The number of nitrogens with zero attached hydrogens (tertiary/aromatic N) is 1. The summed E-state index contributed by atoms with van der Waals surface area (Å²) in [5, 5.41) is 11.8. The lowest BCUT2D eigenvalue weighted by Crippen LogP contribution is -2.52. The Morgan fingerprint density at radius 3 is 3.00 bits per heavy atom. The second-order valence-electron chi connectivity index (χ2n) is 4.46. The number of aliphatic carboxylic acids is 1. The molecule has 1 heterocycles. The molecule has 0 saturated carbocycles.